The fourth-order valence-electron chi connectivity index (χ4n) is 2.80. The van der Waals surface area contributed by atoms with Crippen LogP contribution >= 0.6 is 0 Å². The second-order valence-corrected chi connectivity index (χ2v) is 4.99. The maximum Gasteiger partial charge on any atom is 0.0613 e. The van der Waals surface area contributed by atoms with Crippen LogP contribution in [0.5, 0.6) is 0 Å². The van der Waals surface area contributed by atoms with Crippen molar-refractivity contribution >= 4 is 0 Å². The van der Waals surface area contributed by atoms with Crippen LogP contribution in [0.15, 0.2) is 0 Å². The third kappa shape index (κ3) is 3.44. The lowest BCUT2D eigenvalue weighted by Gasteiger charge is -2.18. The Bertz CT molecular complexity index is 192. The summed E-state index contributed by atoms with van der Waals surface area (Å²) < 4.78 is 11.3. The van der Waals surface area contributed by atoms with E-state index in [0.29, 0.717) is 12.2 Å². The van der Waals surface area contributed by atoms with Gasteiger partial charge in [-0.05, 0) is 44.6 Å². The number of rotatable bonds is 6. The molecular weight excluding hydrogens is 202 g/mol. The van der Waals surface area contributed by atoms with Gasteiger partial charge in [-0.1, -0.05) is 6.92 Å². The highest BCUT2D eigenvalue weighted by molar-refractivity contribution is 4.77. The number of ether oxygens (including phenoxy) is 2. The van der Waals surface area contributed by atoms with Gasteiger partial charge in [-0.3, -0.25) is 0 Å². The summed E-state index contributed by atoms with van der Waals surface area (Å²) in [6, 6.07) is 0. The van der Waals surface area contributed by atoms with Gasteiger partial charge >= 0.3 is 0 Å². The molecule has 0 aromatic heterocycles. The summed E-state index contributed by atoms with van der Waals surface area (Å²) in [4.78, 5) is 0. The Hall–Kier alpha value is -0.120. The van der Waals surface area contributed by atoms with Crippen LogP contribution in [0.4, 0.5) is 0 Å². The van der Waals surface area contributed by atoms with Crippen molar-refractivity contribution in [3.8, 4) is 0 Å². The standard InChI is InChI=1S/C13H25NO2/c1-2-13-11(6-9-16-13)10-14-7-5-12-4-3-8-15-12/h11-14H,2-10H2,1H3. The van der Waals surface area contributed by atoms with Gasteiger partial charge < -0.3 is 14.8 Å². The first-order valence-corrected chi connectivity index (χ1v) is 6.84. The van der Waals surface area contributed by atoms with Gasteiger partial charge in [0.15, 0.2) is 0 Å². The van der Waals surface area contributed by atoms with Gasteiger partial charge in [0, 0.05) is 19.8 Å². The summed E-state index contributed by atoms with van der Waals surface area (Å²) in [6.45, 7) is 6.35. The molecule has 2 heterocycles. The van der Waals surface area contributed by atoms with E-state index in [1.54, 1.807) is 0 Å². The van der Waals surface area contributed by atoms with E-state index in [1.807, 2.05) is 0 Å². The Morgan fingerprint density at radius 3 is 2.88 bits per heavy atom. The minimum absolute atomic E-state index is 0.496. The molecule has 2 saturated heterocycles. The van der Waals surface area contributed by atoms with Crippen molar-refractivity contribution < 1.29 is 9.47 Å². The molecule has 3 atom stereocenters. The normalized spacial score (nSPS) is 34.7. The van der Waals surface area contributed by atoms with Crippen LogP contribution < -0.4 is 5.32 Å². The van der Waals surface area contributed by atoms with Crippen molar-refractivity contribution in [1.29, 1.82) is 0 Å². The van der Waals surface area contributed by atoms with Gasteiger partial charge in [0.2, 0.25) is 0 Å². The lowest BCUT2D eigenvalue weighted by Crippen LogP contribution is -2.30. The van der Waals surface area contributed by atoms with E-state index in [2.05, 4.69) is 12.2 Å². The Labute approximate surface area is 98.9 Å². The summed E-state index contributed by atoms with van der Waals surface area (Å²) in [5, 5.41) is 3.56. The molecule has 1 N–H and O–H groups in total. The number of hydrogen-bond donors (Lipinski definition) is 1. The first-order chi connectivity index (χ1) is 7.90. The zero-order valence-electron chi connectivity index (χ0n) is 10.4. The lowest BCUT2D eigenvalue weighted by atomic mass is 9.99. The molecule has 3 nitrogen and oxygen atoms in total. The largest absolute Gasteiger partial charge is 0.378 e. The predicted octanol–water partition coefficient (Wildman–Crippen LogP) is 1.96. The van der Waals surface area contributed by atoms with E-state index >= 15 is 0 Å². The molecule has 0 saturated carbocycles. The van der Waals surface area contributed by atoms with Crippen LogP contribution in [0, 0.1) is 5.92 Å². The second-order valence-electron chi connectivity index (χ2n) is 4.99. The van der Waals surface area contributed by atoms with Gasteiger partial charge in [-0.2, -0.15) is 0 Å². The Morgan fingerprint density at radius 1 is 1.19 bits per heavy atom. The molecule has 2 aliphatic heterocycles. The zero-order chi connectivity index (χ0) is 11.2. The SMILES string of the molecule is CCC1OCCC1CNCCC1CCCO1. The fraction of sp³-hybridized carbons (Fsp3) is 1.00. The Balaban J connectivity index is 1.53. The van der Waals surface area contributed by atoms with E-state index in [9.17, 15) is 0 Å². The van der Waals surface area contributed by atoms with E-state index in [0.717, 1.165) is 38.6 Å². The molecule has 16 heavy (non-hydrogen) atoms. The molecular formula is C13H25NO2. The zero-order valence-corrected chi connectivity index (χ0v) is 10.4. The monoisotopic (exact) mass is 227 g/mol. The van der Waals surface area contributed by atoms with Gasteiger partial charge in [0.05, 0.1) is 12.2 Å². The lowest BCUT2D eigenvalue weighted by molar-refractivity contribution is 0.0857. The Morgan fingerprint density at radius 2 is 2.12 bits per heavy atom. The molecule has 3 unspecified atom stereocenters. The molecule has 0 radical (unpaired) electrons. The average molecular weight is 227 g/mol. The highest BCUT2D eigenvalue weighted by Gasteiger charge is 2.26. The van der Waals surface area contributed by atoms with Crippen LogP contribution in [-0.4, -0.2) is 38.5 Å². The summed E-state index contributed by atoms with van der Waals surface area (Å²) in [7, 11) is 0. The van der Waals surface area contributed by atoms with Crippen LogP contribution in [0.25, 0.3) is 0 Å². The molecule has 94 valence electrons. The highest BCUT2D eigenvalue weighted by atomic mass is 16.5. The van der Waals surface area contributed by atoms with Gasteiger partial charge in [-0.25, -0.2) is 0 Å². The quantitative estimate of drug-likeness (QED) is 0.704. The van der Waals surface area contributed by atoms with Crippen molar-refractivity contribution in [2.75, 3.05) is 26.3 Å². The molecule has 0 aromatic carbocycles. The van der Waals surface area contributed by atoms with Crippen molar-refractivity contribution in [2.45, 2.75) is 51.2 Å². The van der Waals surface area contributed by atoms with Crippen LogP contribution in [0.1, 0.15) is 39.0 Å². The molecule has 0 aromatic rings. The third-order valence-corrected chi connectivity index (χ3v) is 3.82. The second kappa shape index (κ2) is 6.58. The predicted molar refractivity (Wildman–Crippen MR) is 64.6 cm³/mol. The van der Waals surface area contributed by atoms with Crippen molar-refractivity contribution in [1.82, 2.24) is 5.32 Å². The number of hydrogen-bond acceptors (Lipinski definition) is 3. The van der Waals surface area contributed by atoms with Crippen molar-refractivity contribution in [2.24, 2.45) is 5.92 Å². The van der Waals surface area contributed by atoms with E-state index in [-0.39, 0.29) is 0 Å². The van der Waals surface area contributed by atoms with Crippen molar-refractivity contribution in [3.63, 3.8) is 0 Å². The van der Waals surface area contributed by atoms with Crippen LogP contribution in [-0.2, 0) is 9.47 Å². The first-order valence-electron chi connectivity index (χ1n) is 6.84. The molecule has 2 rings (SSSR count). The minimum atomic E-state index is 0.496. The molecule has 0 bridgehead atoms. The van der Waals surface area contributed by atoms with E-state index < -0.39 is 0 Å². The maximum atomic E-state index is 5.68. The molecule has 0 spiro atoms. The fourth-order valence-corrected chi connectivity index (χ4v) is 2.80. The molecule has 0 aliphatic carbocycles. The van der Waals surface area contributed by atoms with Gasteiger partial charge in [-0.15, -0.1) is 0 Å². The minimum Gasteiger partial charge on any atom is -0.378 e. The van der Waals surface area contributed by atoms with Crippen LogP contribution in [0.2, 0.25) is 0 Å². The first kappa shape index (κ1) is 12.3. The molecule has 3 heteroatoms. The number of nitrogens with one attached hydrogen (secondary N) is 1. The van der Waals surface area contributed by atoms with E-state index in [1.165, 1.54) is 25.7 Å². The van der Waals surface area contributed by atoms with Gasteiger partial charge in [0.25, 0.3) is 0 Å². The topological polar surface area (TPSA) is 30.5 Å². The van der Waals surface area contributed by atoms with E-state index in [4.69, 9.17) is 9.47 Å². The van der Waals surface area contributed by atoms with Crippen molar-refractivity contribution in [3.05, 3.63) is 0 Å². The average Bonchev–Trinajstić information content (AvgIpc) is 2.95. The molecule has 0 amide bonds. The molecule has 2 fully saturated rings. The van der Waals surface area contributed by atoms with Gasteiger partial charge in [0.1, 0.15) is 0 Å². The highest BCUT2D eigenvalue weighted by Crippen LogP contribution is 2.22. The smallest absolute Gasteiger partial charge is 0.0613 e. The van der Waals surface area contributed by atoms with Crippen LogP contribution in [0.3, 0.4) is 0 Å². The molecule has 2 aliphatic rings. The third-order valence-electron chi connectivity index (χ3n) is 3.82. The summed E-state index contributed by atoms with van der Waals surface area (Å²) in [5.74, 6) is 0.731. The Kier molecular flexibility index (Phi) is 5.07. The summed E-state index contributed by atoms with van der Waals surface area (Å²) in [6.07, 6.45) is 7.07. The summed E-state index contributed by atoms with van der Waals surface area (Å²) >= 11 is 0. The maximum absolute atomic E-state index is 5.68. The summed E-state index contributed by atoms with van der Waals surface area (Å²) in [5.41, 5.74) is 0.